The van der Waals surface area contributed by atoms with E-state index in [1.807, 2.05) is 4.90 Å². The number of esters is 1. The molecule has 108 valence electrons. The molecule has 0 aliphatic carbocycles. The van der Waals surface area contributed by atoms with Crippen molar-refractivity contribution in [1.82, 2.24) is 4.98 Å². The molecule has 1 aliphatic heterocycles. The maximum absolute atomic E-state index is 11.5. The van der Waals surface area contributed by atoms with Crippen molar-refractivity contribution in [2.75, 3.05) is 25.1 Å². The van der Waals surface area contributed by atoms with Gasteiger partial charge in [0.1, 0.15) is 11.9 Å². The number of halogens is 1. The van der Waals surface area contributed by atoms with Gasteiger partial charge < -0.3 is 9.64 Å². The fourth-order valence-corrected chi connectivity index (χ4v) is 2.94. The summed E-state index contributed by atoms with van der Waals surface area (Å²) in [4.78, 5) is 27.9. The molecule has 1 fully saturated rings. The number of pyridine rings is 1. The van der Waals surface area contributed by atoms with E-state index in [9.17, 15) is 14.9 Å². The van der Waals surface area contributed by atoms with E-state index in [-0.39, 0.29) is 17.6 Å². The highest BCUT2D eigenvalue weighted by Crippen LogP contribution is 2.36. The normalized spacial score (nSPS) is 16.0. The highest BCUT2D eigenvalue weighted by atomic mass is 79.9. The summed E-state index contributed by atoms with van der Waals surface area (Å²) in [6.07, 6.45) is 4.03. The number of aromatic nitrogens is 1. The number of rotatable bonds is 3. The van der Waals surface area contributed by atoms with E-state index in [1.54, 1.807) is 0 Å². The highest BCUT2D eigenvalue weighted by molar-refractivity contribution is 9.10. The maximum Gasteiger partial charge on any atom is 0.311 e. The largest absolute Gasteiger partial charge is 0.469 e. The van der Waals surface area contributed by atoms with Crippen molar-refractivity contribution in [3.8, 4) is 0 Å². The van der Waals surface area contributed by atoms with Gasteiger partial charge in [-0.05, 0) is 28.8 Å². The predicted molar refractivity (Wildman–Crippen MR) is 75.5 cm³/mol. The second-order valence-corrected chi connectivity index (χ2v) is 5.38. The van der Waals surface area contributed by atoms with E-state index in [0.29, 0.717) is 36.1 Å². The fraction of sp³-hybridized carbons (Fsp3) is 0.500. The van der Waals surface area contributed by atoms with Crippen molar-refractivity contribution in [2.24, 2.45) is 5.92 Å². The smallest absolute Gasteiger partial charge is 0.311 e. The average Bonchev–Trinajstić information content (AvgIpc) is 2.46. The van der Waals surface area contributed by atoms with Gasteiger partial charge in [-0.3, -0.25) is 19.9 Å². The van der Waals surface area contributed by atoms with Crippen LogP contribution < -0.4 is 4.90 Å². The van der Waals surface area contributed by atoms with Gasteiger partial charge in [0.15, 0.2) is 0 Å². The van der Waals surface area contributed by atoms with Gasteiger partial charge in [-0.15, -0.1) is 0 Å². The molecule has 8 heteroatoms. The Kier molecular flexibility index (Phi) is 4.53. The monoisotopic (exact) mass is 343 g/mol. The molecule has 1 aliphatic rings. The highest BCUT2D eigenvalue weighted by Gasteiger charge is 2.30. The van der Waals surface area contributed by atoms with Crippen LogP contribution in [-0.2, 0) is 9.53 Å². The van der Waals surface area contributed by atoms with E-state index in [0.717, 1.165) is 0 Å². The van der Waals surface area contributed by atoms with Crippen molar-refractivity contribution in [3.63, 3.8) is 0 Å². The number of carbonyl (C=O) groups excluding carboxylic acids is 1. The Balaban J connectivity index is 2.19. The molecule has 1 aromatic rings. The number of hydrogen-bond acceptors (Lipinski definition) is 6. The number of piperidine rings is 1. The summed E-state index contributed by atoms with van der Waals surface area (Å²) in [5.74, 6) is -0.344. The Morgan fingerprint density at radius 3 is 2.70 bits per heavy atom. The van der Waals surface area contributed by atoms with Gasteiger partial charge in [-0.25, -0.2) is 0 Å². The van der Waals surface area contributed by atoms with Crippen LogP contribution in [0.1, 0.15) is 12.8 Å². The van der Waals surface area contributed by atoms with Crippen LogP contribution in [0.25, 0.3) is 0 Å². The molecule has 0 atom stereocenters. The topological polar surface area (TPSA) is 85.6 Å². The van der Waals surface area contributed by atoms with Crippen LogP contribution in [0.5, 0.6) is 0 Å². The lowest BCUT2D eigenvalue weighted by Gasteiger charge is -2.32. The Bertz CT molecular complexity index is 529. The lowest BCUT2D eigenvalue weighted by atomic mass is 9.96. The molecule has 0 aromatic carbocycles. The lowest BCUT2D eigenvalue weighted by Crippen LogP contribution is -2.37. The second kappa shape index (κ2) is 6.17. The minimum absolute atomic E-state index is 0.0316. The van der Waals surface area contributed by atoms with Crippen LogP contribution in [0.4, 0.5) is 11.4 Å². The molecule has 7 nitrogen and oxygen atoms in total. The van der Waals surface area contributed by atoms with E-state index >= 15 is 0 Å². The van der Waals surface area contributed by atoms with Crippen LogP contribution in [0.2, 0.25) is 0 Å². The summed E-state index contributed by atoms with van der Waals surface area (Å²) in [6, 6.07) is 0. The number of hydrogen-bond donors (Lipinski definition) is 0. The van der Waals surface area contributed by atoms with Gasteiger partial charge in [-0.1, -0.05) is 0 Å². The Labute approximate surface area is 124 Å². The van der Waals surface area contributed by atoms with Crippen LogP contribution in [0.3, 0.4) is 0 Å². The van der Waals surface area contributed by atoms with E-state index in [1.165, 1.54) is 19.5 Å². The molecule has 1 saturated heterocycles. The first-order chi connectivity index (χ1) is 9.54. The SMILES string of the molecule is COC(=O)C1CCN(c2c(Br)cncc2[N+](=O)[O-])CC1. The fourth-order valence-electron chi connectivity index (χ4n) is 2.37. The first-order valence-corrected chi connectivity index (χ1v) is 6.94. The van der Waals surface area contributed by atoms with Gasteiger partial charge in [-0.2, -0.15) is 0 Å². The first kappa shape index (κ1) is 14.7. The predicted octanol–water partition coefficient (Wildman–Crippen LogP) is 2.14. The van der Waals surface area contributed by atoms with Crippen molar-refractivity contribution < 1.29 is 14.5 Å². The summed E-state index contributed by atoms with van der Waals surface area (Å²) in [7, 11) is 1.37. The van der Waals surface area contributed by atoms with Gasteiger partial charge >= 0.3 is 11.7 Å². The first-order valence-electron chi connectivity index (χ1n) is 6.15. The number of nitro groups is 1. The lowest BCUT2D eigenvalue weighted by molar-refractivity contribution is -0.384. The minimum atomic E-state index is -0.445. The van der Waals surface area contributed by atoms with Crippen molar-refractivity contribution in [3.05, 3.63) is 27.0 Å². The third-order valence-corrected chi connectivity index (χ3v) is 3.98. The molecule has 0 saturated carbocycles. The van der Waals surface area contributed by atoms with Crippen LogP contribution >= 0.6 is 15.9 Å². The molecule has 0 amide bonds. The molecular weight excluding hydrogens is 330 g/mol. The van der Waals surface area contributed by atoms with E-state index in [2.05, 4.69) is 20.9 Å². The standard InChI is InChI=1S/C12H14BrN3O4/c1-20-12(17)8-2-4-15(5-3-8)11-9(13)6-14-7-10(11)16(18)19/h6-8H,2-5H2,1H3. The van der Waals surface area contributed by atoms with Crippen molar-refractivity contribution >= 4 is 33.3 Å². The maximum atomic E-state index is 11.5. The number of anilines is 1. The summed E-state index contributed by atoms with van der Waals surface area (Å²) in [5, 5.41) is 11.1. The molecule has 1 aromatic heterocycles. The summed E-state index contributed by atoms with van der Waals surface area (Å²) in [6.45, 7) is 1.15. The Hall–Kier alpha value is -1.70. The molecule has 0 spiro atoms. The van der Waals surface area contributed by atoms with Crippen molar-refractivity contribution in [2.45, 2.75) is 12.8 Å². The van der Waals surface area contributed by atoms with E-state index < -0.39 is 4.92 Å². The van der Waals surface area contributed by atoms with Crippen LogP contribution in [0.15, 0.2) is 16.9 Å². The molecule has 2 heterocycles. The van der Waals surface area contributed by atoms with Gasteiger partial charge in [0.05, 0.1) is 22.4 Å². The number of carbonyl (C=O) groups is 1. The molecule has 0 unspecified atom stereocenters. The zero-order valence-electron chi connectivity index (χ0n) is 10.9. The molecule has 0 bridgehead atoms. The van der Waals surface area contributed by atoms with Gasteiger partial charge in [0.2, 0.25) is 0 Å². The Morgan fingerprint density at radius 2 is 2.15 bits per heavy atom. The number of nitrogens with zero attached hydrogens (tertiary/aromatic N) is 3. The zero-order chi connectivity index (χ0) is 14.7. The summed E-state index contributed by atoms with van der Waals surface area (Å²) >= 11 is 3.31. The third-order valence-electron chi connectivity index (χ3n) is 3.40. The minimum Gasteiger partial charge on any atom is -0.469 e. The molecular formula is C12H14BrN3O4. The van der Waals surface area contributed by atoms with Gasteiger partial charge in [0.25, 0.3) is 0 Å². The van der Waals surface area contributed by atoms with Gasteiger partial charge in [0, 0.05) is 19.3 Å². The Morgan fingerprint density at radius 1 is 1.50 bits per heavy atom. The summed E-state index contributed by atoms with van der Waals surface area (Å²) < 4.78 is 5.32. The van der Waals surface area contributed by atoms with Crippen LogP contribution in [-0.4, -0.2) is 36.1 Å². The van der Waals surface area contributed by atoms with Crippen LogP contribution in [0, 0.1) is 16.0 Å². The average molecular weight is 344 g/mol. The quantitative estimate of drug-likeness (QED) is 0.474. The van der Waals surface area contributed by atoms with Crippen molar-refractivity contribution in [1.29, 1.82) is 0 Å². The summed E-state index contributed by atoms with van der Waals surface area (Å²) in [5.41, 5.74) is 0.490. The third kappa shape index (κ3) is 2.90. The molecule has 20 heavy (non-hydrogen) atoms. The molecule has 0 radical (unpaired) electrons. The second-order valence-electron chi connectivity index (χ2n) is 4.53. The molecule has 0 N–H and O–H groups in total. The number of methoxy groups -OCH3 is 1. The van der Waals surface area contributed by atoms with E-state index in [4.69, 9.17) is 4.74 Å². The number of ether oxygens (including phenoxy) is 1. The zero-order valence-corrected chi connectivity index (χ0v) is 12.5. The molecule has 2 rings (SSSR count).